The lowest BCUT2D eigenvalue weighted by molar-refractivity contribution is 0.761. The van der Waals surface area contributed by atoms with Crippen molar-refractivity contribution >= 4 is 34.7 Å². The van der Waals surface area contributed by atoms with Crippen molar-refractivity contribution in [1.29, 1.82) is 0 Å². The van der Waals surface area contributed by atoms with Gasteiger partial charge in [0.05, 0.1) is 9.59 Å². The predicted molar refractivity (Wildman–Crippen MR) is 70.8 cm³/mol. The number of nitrogens with zero attached hydrogens (tertiary/aromatic N) is 2. The summed E-state index contributed by atoms with van der Waals surface area (Å²) in [5, 5.41) is 7.01. The van der Waals surface area contributed by atoms with Crippen molar-refractivity contribution in [3.63, 3.8) is 0 Å². The highest BCUT2D eigenvalue weighted by atomic mass is 35.5. The molecule has 17 heavy (non-hydrogen) atoms. The fourth-order valence-electron chi connectivity index (χ4n) is 1.29. The molecule has 2 aromatic rings. The maximum atomic E-state index is 11.2. The smallest absolute Gasteiger partial charge is 0.329 e. The second kappa shape index (κ2) is 5.26. The lowest BCUT2D eigenvalue weighted by atomic mass is 10.3. The highest BCUT2D eigenvalue weighted by molar-refractivity contribution is 7.99. The van der Waals surface area contributed by atoms with Crippen molar-refractivity contribution in [3.05, 3.63) is 31.8 Å². The Morgan fingerprint density at radius 1 is 1.71 bits per heavy atom. The molecule has 2 aromatic heterocycles. The zero-order chi connectivity index (χ0) is 12.4. The minimum atomic E-state index is -0.229. The Labute approximate surface area is 111 Å². The summed E-state index contributed by atoms with van der Waals surface area (Å²) >= 11 is 8.83. The van der Waals surface area contributed by atoms with Crippen molar-refractivity contribution in [3.8, 4) is 0 Å². The van der Waals surface area contributed by atoms with Crippen molar-refractivity contribution in [2.24, 2.45) is 12.8 Å². The van der Waals surface area contributed by atoms with Gasteiger partial charge in [-0.15, -0.1) is 16.4 Å². The van der Waals surface area contributed by atoms with Gasteiger partial charge in [-0.1, -0.05) is 23.4 Å². The van der Waals surface area contributed by atoms with Crippen LogP contribution in [0.25, 0.3) is 0 Å². The number of hydrogen-bond donors (Lipinski definition) is 2. The van der Waals surface area contributed by atoms with Gasteiger partial charge >= 0.3 is 5.69 Å². The molecular formula is C9H11ClN4OS2. The molecule has 5 nitrogen and oxygen atoms in total. The number of H-pyrrole nitrogens is 1. The third-order valence-corrected chi connectivity index (χ3v) is 5.01. The van der Waals surface area contributed by atoms with Crippen molar-refractivity contribution in [2.75, 3.05) is 6.54 Å². The molecule has 2 heterocycles. The topological polar surface area (TPSA) is 76.7 Å². The van der Waals surface area contributed by atoms with Crippen LogP contribution in [0.1, 0.15) is 10.1 Å². The molecule has 1 atom stereocenters. The number of aromatic amines is 1. The van der Waals surface area contributed by atoms with Crippen LogP contribution >= 0.6 is 34.7 Å². The lowest BCUT2D eigenvalue weighted by Gasteiger charge is -2.10. The average molecular weight is 291 g/mol. The first-order valence-corrected chi connectivity index (χ1v) is 6.92. The Hall–Kier alpha value is -0.760. The van der Waals surface area contributed by atoms with Crippen molar-refractivity contribution in [2.45, 2.75) is 10.4 Å². The zero-order valence-corrected chi connectivity index (χ0v) is 11.4. The van der Waals surface area contributed by atoms with Gasteiger partial charge in [0.2, 0.25) is 0 Å². The van der Waals surface area contributed by atoms with Gasteiger partial charge < -0.3 is 5.73 Å². The molecule has 0 bridgehead atoms. The normalized spacial score (nSPS) is 12.9. The quantitative estimate of drug-likeness (QED) is 0.839. The Kier molecular flexibility index (Phi) is 3.93. The zero-order valence-electron chi connectivity index (χ0n) is 9.01. The maximum Gasteiger partial charge on any atom is 0.343 e. The van der Waals surface area contributed by atoms with Crippen LogP contribution in [0.2, 0.25) is 4.34 Å². The van der Waals surface area contributed by atoms with E-state index in [1.54, 1.807) is 7.05 Å². The number of halogens is 1. The number of thiophene rings is 1. The minimum absolute atomic E-state index is 0.0569. The monoisotopic (exact) mass is 290 g/mol. The SMILES string of the molecule is Cn1c(SC(CN)c2ccc(Cl)s2)n[nH]c1=O. The molecule has 0 fully saturated rings. The minimum Gasteiger partial charge on any atom is -0.329 e. The molecule has 0 aliphatic carbocycles. The molecular weight excluding hydrogens is 280 g/mol. The molecule has 92 valence electrons. The van der Waals surface area contributed by atoms with Crippen LogP contribution in [-0.2, 0) is 7.05 Å². The number of thioether (sulfide) groups is 1. The maximum absolute atomic E-state index is 11.2. The van der Waals surface area contributed by atoms with Crippen LogP contribution in [-0.4, -0.2) is 21.3 Å². The molecule has 0 aliphatic rings. The highest BCUT2D eigenvalue weighted by Gasteiger charge is 2.17. The van der Waals surface area contributed by atoms with Crippen LogP contribution in [0.15, 0.2) is 22.1 Å². The molecule has 0 amide bonds. The summed E-state index contributed by atoms with van der Waals surface area (Å²) < 4.78 is 2.19. The van der Waals surface area contributed by atoms with Gasteiger partial charge in [-0.05, 0) is 12.1 Å². The van der Waals surface area contributed by atoms with Crippen LogP contribution in [0.5, 0.6) is 0 Å². The highest BCUT2D eigenvalue weighted by Crippen LogP contribution is 2.37. The van der Waals surface area contributed by atoms with E-state index in [-0.39, 0.29) is 10.9 Å². The van der Waals surface area contributed by atoms with Gasteiger partial charge in [-0.25, -0.2) is 9.89 Å². The number of aromatic nitrogens is 3. The average Bonchev–Trinajstić information content (AvgIpc) is 2.86. The number of nitrogens with two attached hydrogens (primary N) is 1. The van der Waals surface area contributed by atoms with Gasteiger partial charge in [0.25, 0.3) is 0 Å². The Balaban J connectivity index is 2.21. The van der Waals surface area contributed by atoms with Gasteiger partial charge in [-0.2, -0.15) is 0 Å². The molecule has 0 aromatic carbocycles. The summed E-state index contributed by atoms with van der Waals surface area (Å²) in [6.07, 6.45) is 0. The van der Waals surface area contributed by atoms with E-state index in [1.807, 2.05) is 12.1 Å². The Morgan fingerprint density at radius 2 is 2.47 bits per heavy atom. The summed E-state index contributed by atoms with van der Waals surface area (Å²) in [5.41, 5.74) is 5.51. The van der Waals surface area contributed by atoms with E-state index in [0.717, 1.165) is 9.21 Å². The van der Waals surface area contributed by atoms with E-state index in [9.17, 15) is 4.79 Å². The molecule has 1 unspecified atom stereocenters. The summed E-state index contributed by atoms with van der Waals surface area (Å²) in [5.74, 6) is 0. The largest absolute Gasteiger partial charge is 0.343 e. The van der Waals surface area contributed by atoms with Crippen LogP contribution < -0.4 is 11.4 Å². The van der Waals surface area contributed by atoms with E-state index >= 15 is 0 Å². The predicted octanol–water partition coefficient (Wildman–Crippen LogP) is 1.62. The van der Waals surface area contributed by atoms with Crippen LogP contribution in [0.3, 0.4) is 0 Å². The van der Waals surface area contributed by atoms with Gasteiger partial charge in [0.15, 0.2) is 5.16 Å². The van der Waals surface area contributed by atoms with Crippen LogP contribution in [0.4, 0.5) is 0 Å². The summed E-state index contributed by atoms with van der Waals surface area (Å²) in [7, 11) is 1.67. The Bertz CT molecular complexity index is 561. The molecule has 0 aliphatic heterocycles. The van der Waals surface area contributed by atoms with Gasteiger partial charge in [0.1, 0.15) is 0 Å². The number of rotatable bonds is 4. The fraction of sp³-hybridized carbons (Fsp3) is 0.333. The molecule has 0 saturated carbocycles. The van der Waals surface area contributed by atoms with Gasteiger partial charge in [-0.3, -0.25) is 4.57 Å². The third-order valence-electron chi connectivity index (χ3n) is 2.21. The first-order chi connectivity index (χ1) is 8.11. The fourth-order valence-corrected chi connectivity index (χ4v) is 3.52. The van der Waals surface area contributed by atoms with Crippen molar-refractivity contribution in [1.82, 2.24) is 14.8 Å². The second-order valence-corrected chi connectivity index (χ2v) is 6.27. The number of nitrogens with one attached hydrogen (secondary N) is 1. The van der Waals surface area contributed by atoms with Crippen molar-refractivity contribution < 1.29 is 0 Å². The van der Waals surface area contributed by atoms with E-state index in [1.165, 1.54) is 27.7 Å². The summed E-state index contributed by atoms with van der Waals surface area (Å²) in [6, 6.07) is 3.79. The molecule has 3 N–H and O–H groups in total. The standard InChI is InChI=1S/C9H11ClN4OS2/c1-14-8(15)12-13-9(14)17-6(4-11)5-2-3-7(10)16-5/h2-3,6H,4,11H2,1H3,(H,12,15). The molecule has 0 radical (unpaired) electrons. The second-order valence-electron chi connectivity index (χ2n) is 3.35. The molecule has 2 rings (SSSR count). The van der Waals surface area contributed by atoms with E-state index < -0.39 is 0 Å². The first-order valence-electron chi connectivity index (χ1n) is 4.85. The summed E-state index contributed by atoms with van der Waals surface area (Å²) in [6.45, 7) is 0.461. The molecule has 0 saturated heterocycles. The van der Waals surface area contributed by atoms with Crippen LogP contribution in [0, 0.1) is 0 Å². The van der Waals surface area contributed by atoms with E-state index in [2.05, 4.69) is 10.2 Å². The van der Waals surface area contributed by atoms with E-state index in [4.69, 9.17) is 17.3 Å². The van der Waals surface area contributed by atoms with E-state index in [0.29, 0.717) is 11.7 Å². The molecule has 8 heteroatoms. The summed E-state index contributed by atoms with van der Waals surface area (Å²) in [4.78, 5) is 12.3. The first kappa shape index (κ1) is 12.7. The number of hydrogen-bond acceptors (Lipinski definition) is 5. The Morgan fingerprint density at radius 3 is 2.94 bits per heavy atom. The molecule has 0 spiro atoms. The lowest BCUT2D eigenvalue weighted by Crippen LogP contribution is -2.14. The van der Waals surface area contributed by atoms with Gasteiger partial charge in [0, 0.05) is 18.5 Å². The third kappa shape index (κ3) is 2.74.